The largest absolute Gasteiger partial charge is 0.456 e. The number of Topliss-reactive ketones (excluding diaryl/α,β-unsaturated/α-hetero) is 2. The molecule has 1 aliphatic carbocycles. The summed E-state index contributed by atoms with van der Waals surface area (Å²) in [5.74, 6) is -7.67. The maximum absolute atomic E-state index is 14.4. The van der Waals surface area contributed by atoms with E-state index in [-0.39, 0.29) is 61.5 Å². The van der Waals surface area contributed by atoms with Gasteiger partial charge in [-0.15, -0.1) is 0 Å². The van der Waals surface area contributed by atoms with Gasteiger partial charge in [-0.2, -0.15) is 0 Å². The van der Waals surface area contributed by atoms with Gasteiger partial charge in [0.05, 0.1) is 30.5 Å². The Morgan fingerprint density at radius 3 is 2.30 bits per heavy atom. The van der Waals surface area contributed by atoms with Crippen molar-refractivity contribution >= 4 is 29.4 Å². The van der Waals surface area contributed by atoms with Crippen molar-refractivity contribution in [3.05, 3.63) is 23.3 Å². The lowest BCUT2D eigenvalue weighted by atomic mass is 9.80. The number of nitrogens with zero attached hydrogens (tertiary/aromatic N) is 1. The summed E-state index contributed by atoms with van der Waals surface area (Å²) in [5.41, 5.74) is 1.67. The lowest BCUT2D eigenvalue weighted by Crippen LogP contribution is -2.64. The molecule has 14 nitrogen and oxygen atoms in total. The number of carbonyl (C=O) groups excluding carboxylic acids is 5. The van der Waals surface area contributed by atoms with E-state index >= 15 is 0 Å². The number of cyclic esters (lactones) is 1. The summed E-state index contributed by atoms with van der Waals surface area (Å²) >= 11 is 0. The van der Waals surface area contributed by atoms with Crippen LogP contribution in [0.5, 0.6) is 0 Å². The summed E-state index contributed by atoms with van der Waals surface area (Å²) in [6.07, 6.45) is 5.48. The Labute approximate surface area is 363 Å². The lowest BCUT2D eigenvalue weighted by molar-refractivity contribution is -0.302. The van der Waals surface area contributed by atoms with Crippen LogP contribution in [-0.2, 0) is 47.7 Å². The Kier molecular flexibility index (Phi) is 19.2. The molecule has 3 fully saturated rings. The van der Waals surface area contributed by atoms with Crippen LogP contribution in [0.4, 0.5) is 0 Å². The maximum atomic E-state index is 14.4. The van der Waals surface area contributed by atoms with Gasteiger partial charge >= 0.3 is 5.97 Å². The fourth-order valence-corrected chi connectivity index (χ4v) is 10.0. The van der Waals surface area contributed by atoms with E-state index in [4.69, 9.17) is 23.7 Å². The molecule has 14 unspecified atom stereocenters. The van der Waals surface area contributed by atoms with Crippen molar-refractivity contribution < 1.29 is 57.9 Å². The molecule has 2 amide bonds. The standard InChI is InChI=1S/C47H76N2O12/c1-11-19-59-39-25-33(16-17-35(39)48-32(8)50)23-29(5)42-31(7)37(51)26-38(52)34(12-2)21-27(3)20-28(4)22-40(57-9)43-41(58-10)24-30(6)47(56,61-43)44(53)45(54)49-18-14-13-15-36(49)46(55)60-42/h21,23,28,30-31,33-37,39-43,51,56H,11-20,22,24-26H2,1-10H3,(H,48,50). The fourth-order valence-electron chi connectivity index (χ4n) is 10.0. The highest BCUT2D eigenvalue weighted by Crippen LogP contribution is 2.39. The van der Waals surface area contributed by atoms with Crippen LogP contribution in [0, 0.1) is 29.6 Å². The number of nitrogens with one attached hydrogen (secondary N) is 1. The molecule has 3 heterocycles. The number of aliphatic hydroxyl groups is 2. The molecule has 61 heavy (non-hydrogen) atoms. The number of ether oxygens (including phenoxy) is 5. The first kappa shape index (κ1) is 50.6. The van der Waals surface area contributed by atoms with Gasteiger partial charge in [-0.1, -0.05) is 52.3 Å². The van der Waals surface area contributed by atoms with Crippen molar-refractivity contribution in [2.24, 2.45) is 29.6 Å². The quantitative estimate of drug-likeness (QED) is 0.153. The molecule has 14 heteroatoms. The number of hydrogen-bond acceptors (Lipinski definition) is 12. The SMILES string of the molecule is CCCOC1CC(C=C(C)C2OC(=O)C3CCCCN3C(=O)C(=O)C3(O)OC(C(OC)CC(C)CC(C)=CC(CC)C(=O)CC(O)C2C)C(OC)CC3C)CCC1NC(C)=O. The van der Waals surface area contributed by atoms with Crippen molar-refractivity contribution in [2.45, 2.75) is 187 Å². The molecule has 14 atom stereocenters. The number of piperidine rings is 1. The molecule has 4 aliphatic rings. The van der Waals surface area contributed by atoms with E-state index < -0.39 is 77.8 Å². The first-order valence-electron chi connectivity index (χ1n) is 22.8. The predicted octanol–water partition coefficient (Wildman–Crippen LogP) is 5.40. The molecule has 0 aromatic heterocycles. The molecule has 0 spiro atoms. The van der Waals surface area contributed by atoms with Crippen molar-refractivity contribution in [1.82, 2.24) is 10.2 Å². The van der Waals surface area contributed by atoms with Gasteiger partial charge in [0.25, 0.3) is 11.7 Å². The Morgan fingerprint density at radius 1 is 0.967 bits per heavy atom. The second kappa shape index (κ2) is 23.1. The van der Waals surface area contributed by atoms with Gasteiger partial charge in [-0.05, 0) is 102 Å². The average molecular weight is 861 g/mol. The number of ketones is 2. The van der Waals surface area contributed by atoms with Crippen molar-refractivity contribution in [3.8, 4) is 0 Å². The van der Waals surface area contributed by atoms with E-state index in [9.17, 15) is 34.2 Å². The minimum atomic E-state index is -2.51. The molecule has 3 aliphatic heterocycles. The maximum Gasteiger partial charge on any atom is 0.329 e. The van der Waals surface area contributed by atoms with E-state index in [1.165, 1.54) is 26.0 Å². The van der Waals surface area contributed by atoms with E-state index in [2.05, 4.69) is 12.2 Å². The first-order chi connectivity index (χ1) is 28.9. The Bertz CT molecular complexity index is 1580. The number of rotatable bonds is 9. The van der Waals surface area contributed by atoms with Crippen LogP contribution in [0.3, 0.4) is 0 Å². The highest BCUT2D eigenvalue weighted by Gasteiger charge is 2.56. The highest BCUT2D eigenvalue weighted by molar-refractivity contribution is 6.39. The van der Waals surface area contributed by atoms with Gasteiger partial charge in [0, 0.05) is 58.5 Å². The van der Waals surface area contributed by atoms with Crippen LogP contribution in [0.25, 0.3) is 0 Å². The molecule has 2 saturated heterocycles. The fraction of sp³-hybridized carbons (Fsp3) is 0.809. The molecule has 0 radical (unpaired) electrons. The van der Waals surface area contributed by atoms with Crippen molar-refractivity contribution in [2.75, 3.05) is 27.4 Å². The minimum absolute atomic E-state index is 0.00417. The summed E-state index contributed by atoms with van der Waals surface area (Å²) in [6.45, 7) is 15.4. The van der Waals surface area contributed by atoms with Gasteiger partial charge in [0.15, 0.2) is 0 Å². The molecular formula is C47H76N2O12. The zero-order valence-corrected chi connectivity index (χ0v) is 38.5. The van der Waals surface area contributed by atoms with E-state index in [0.717, 1.165) is 18.4 Å². The first-order valence-corrected chi connectivity index (χ1v) is 22.8. The number of esters is 1. The van der Waals surface area contributed by atoms with Gasteiger partial charge < -0.3 is 44.1 Å². The van der Waals surface area contributed by atoms with Gasteiger partial charge in [0.1, 0.15) is 24.0 Å². The summed E-state index contributed by atoms with van der Waals surface area (Å²) in [5, 5.41) is 26.9. The third-order valence-corrected chi connectivity index (χ3v) is 13.5. The molecule has 2 bridgehead atoms. The molecule has 0 aromatic rings. The molecule has 4 rings (SSSR count). The van der Waals surface area contributed by atoms with E-state index in [1.54, 1.807) is 13.8 Å². The summed E-state index contributed by atoms with van der Waals surface area (Å²) in [4.78, 5) is 70.2. The van der Waals surface area contributed by atoms with Gasteiger partial charge in [0.2, 0.25) is 11.7 Å². The molecular weight excluding hydrogens is 785 g/mol. The second-order valence-corrected chi connectivity index (χ2v) is 18.5. The Morgan fingerprint density at radius 2 is 1.66 bits per heavy atom. The number of amides is 2. The number of fused-ring (bicyclic) bond motifs is 3. The molecule has 3 N–H and O–H groups in total. The normalized spacial score (nSPS) is 38.2. The second-order valence-electron chi connectivity index (χ2n) is 18.5. The number of allylic oxidation sites excluding steroid dienone is 3. The summed E-state index contributed by atoms with van der Waals surface area (Å²) in [7, 11) is 3.07. The molecule has 346 valence electrons. The summed E-state index contributed by atoms with van der Waals surface area (Å²) in [6, 6.07) is -1.28. The molecule has 1 saturated carbocycles. The zero-order valence-electron chi connectivity index (χ0n) is 38.5. The number of methoxy groups -OCH3 is 2. The van der Waals surface area contributed by atoms with Crippen LogP contribution in [0.1, 0.15) is 132 Å². The van der Waals surface area contributed by atoms with Crippen molar-refractivity contribution in [1.29, 1.82) is 0 Å². The smallest absolute Gasteiger partial charge is 0.329 e. The minimum Gasteiger partial charge on any atom is -0.456 e. The molecule has 0 aromatic carbocycles. The van der Waals surface area contributed by atoms with Crippen LogP contribution < -0.4 is 5.32 Å². The van der Waals surface area contributed by atoms with E-state index in [1.807, 2.05) is 39.8 Å². The summed E-state index contributed by atoms with van der Waals surface area (Å²) < 4.78 is 30.6. The van der Waals surface area contributed by atoms with Crippen LogP contribution in [0.2, 0.25) is 0 Å². The van der Waals surface area contributed by atoms with Crippen LogP contribution in [0.15, 0.2) is 23.3 Å². The number of carbonyl (C=O) groups is 5. The lowest BCUT2D eigenvalue weighted by Gasteiger charge is -2.47. The Hall–Kier alpha value is -3.01. The topological polar surface area (TPSA) is 187 Å². The van der Waals surface area contributed by atoms with Crippen LogP contribution >= 0.6 is 0 Å². The van der Waals surface area contributed by atoms with Gasteiger partial charge in [-0.3, -0.25) is 19.2 Å². The third-order valence-electron chi connectivity index (χ3n) is 13.5. The number of hydrogen-bond donors (Lipinski definition) is 3. The highest BCUT2D eigenvalue weighted by atomic mass is 16.7. The Balaban J connectivity index is 1.75. The zero-order chi connectivity index (χ0) is 45.2. The third kappa shape index (κ3) is 12.8. The monoisotopic (exact) mass is 861 g/mol. The number of aliphatic hydroxyl groups excluding tert-OH is 1. The van der Waals surface area contributed by atoms with Crippen molar-refractivity contribution in [3.63, 3.8) is 0 Å². The van der Waals surface area contributed by atoms with Crippen LogP contribution in [-0.4, -0.2) is 126 Å². The van der Waals surface area contributed by atoms with E-state index in [0.29, 0.717) is 57.1 Å². The van der Waals surface area contributed by atoms with Gasteiger partial charge in [-0.25, -0.2) is 4.79 Å². The average Bonchev–Trinajstić information content (AvgIpc) is 3.23. The predicted molar refractivity (Wildman–Crippen MR) is 229 cm³/mol.